The first-order chi connectivity index (χ1) is 27.4. The summed E-state index contributed by atoms with van der Waals surface area (Å²) in [5.74, 6) is 0.0373. The first-order valence-electron chi connectivity index (χ1n) is 20.2. The maximum absolute atomic E-state index is 2.74. The molecule has 56 heavy (non-hydrogen) atoms. The number of para-hydroxylation sites is 3. The van der Waals surface area contributed by atoms with Crippen LogP contribution < -0.4 is 15.7 Å². The molecule has 0 unspecified atom stereocenters. The molecule has 8 aromatic carbocycles. The number of hydrogen-bond donors (Lipinski definition) is 0. The van der Waals surface area contributed by atoms with Crippen molar-refractivity contribution in [3.05, 3.63) is 197 Å². The highest BCUT2D eigenvalue weighted by Crippen LogP contribution is 2.58. The summed E-state index contributed by atoms with van der Waals surface area (Å²) in [5, 5.41) is 5.40. The molecule has 0 amide bonds. The molecule has 0 radical (unpaired) electrons. The van der Waals surface area contributed by atoms with Gasteiger partial charge in [0.25, 0.3) is 0 Å². The van der Waals surface area contributed by atoms with E-state index in [1.54, 1.807) is 0 Å². The van der Waals surface area contributed by atoms with Gasteiger partial charge in [-0.2, -0.15) is 0 Å². The first-order valence-corrected chi connectivity index (χ1v) is 20.2. The molecule has 0 atom stereocenters. The number of hydrogen-bond acceptors (Lipinski definition) is 1. The van der Waals surface area contributed by atoms with Gasteiger partial charge in [0.15, 0.2) is 0 Å². The van der Waals surface area contributed by atoms with Gasteiger partial charge < -0.3 is 9.38 Å². The average molecular weight is 715 g/mol. The molecule has 0 aliphatic carbocycles. The van der Waals surface area contributed by atoms with Crippen molar-refractivity contribution in [1.82, 2.24) is 4.57 Å². The Bertz CT molecular complexity index is 3170. The van der Waals surface area contributed by atoms with Crippen LogP contribution in [-0.4, -0.2) is 11.4 Å². The van der Waals surface area contributed by atoms with Crippen LogP contribution in [0.4, 0.5) is 11.4 Å². The SMILES string of the molecule is CC1(C)c2ccccc2N2B3c4cccc5c4-n4c6c(c7ccccc7cc6c6c(C(c7ccccc7)c7ccccc7)cc(c3c64)-c3cccc1c32)C5(C)C. The van der Waals surface area contributed by atoms with Gasteiger partial charge in [0.1, 0.15) is 0 Å². The summed E-state index contributed by atoms with van der Waals surface area (Å²) >= 11 is 0. The van der Waals surface area contributed by atoms with Crippen LogP contribution in [-0.2, 0) is 10.8 Å². The Morgan fingerprint density at radius 2 is 1.16 bits per heavy atom. The Morgan fingerprint density at radius 3 is 1.93 bits per heavy atom. The molecule has 0 N–H and O–H groups in total. The van der Waals surface area contributed by atoms with Gasteiger partial charge in [-0.1, -0.05) is 167 Å². The zero-order chi connectivity index (χ0) is 37.2. The Balaban J connectivity index is 1.31. The van der Waals surface area contributed by atoms with Gasteiger partial charge in [-0.25, -0.2) is 0 Å². The maximum atomic E-state index is 2.74. The quantitative estimate of drug-likeness (QED) is 0.131. The van der Waals surface area contributed by atoms with E-state index in [4.69, 9.17) is 0 Å². The number of rotatable bonds is 3. The van der Waals surface area contributed by atoms with E-state index in [1.807, 2.05) is 0 Å². The lowest BCUT2D eigenvalue weighted by Gasteiger charge is -2.50. The van der Waals surface area contributed by atoms with Crippen molar-refractivity contribution in [2.75, 3.05) is 4.81 Å². The van der Waals surface area contributed by atoms with E-state index in [2.05, 4.69) is 195 Å². The third kappa shape index (κ3) is 3.53. The molecular formula is C53H39BN2. The van der Waals surface area contributed by atoms with E-state index >= 15 is 0 Å². The van der Waals surface area contributed by atoms with Crippen LogP contribution >= 0.6 is 0 Å². The van der Waals surface area contributed by atoms with Gasteiger partial charge in [0, 0.05) is 50.1 Å². The summed E-state index contributed by atoms with van der Waals surface area (Å²) in [7, 11) is 0. The van der Waals surface area contributed by atoms with E-state index in [9.17, 15) is 0 Å². The van der Waals surface area contributed by atoms with Gasteiger partial charge in [-0.05, 0) is 84.4 Å². The van der Waals surface area contributed by atoms with E-state index < -0.39 is 0 Å². The summed E-state index contributed by atoms with van der Waals surface area (Å²) in [6.45, 7) is 9.79. The molecule has 2 nitrogen and oxygen atoms in total. The van der Waals surface area contributed by atoms with Gasteiger partial charge in [0.05, 0.1) is 11.0 Å². The molecule has 0 bridgehead atoms. The van der Waals surface area contributed by atoms with E-state index in [0.29, 0.717) is 0 Å². The molecule has 4 aliphatic rings. The van der Waals surface area contributed by atoms with Crippen molar-refractivity contribution < 1.29 is 0 Å². The Hall–Kier alpha value is -6.32. The largest absolute Gasteiger partial charge is 0.376 e. The summed E-state index contributed by atoms with van der Waals surface area (Å²) in [4.78, 5) is 2.74. The molecule has 5 heterocycles. The van der Waals surface area contributed by atoms with Crippen molar-refractivity contribution in [2.45, 2.75) is 44.4 Å². The highest BCUT2D eigenvalue weighted by Gasteiger charge is 2.52. The maximum Gasteiger partial charge on any atom is 0.333 e. The minimum absolute atomic E-state index is 0.0119. The molecule has 0 spiro atoms. The molecule has 4 aliphatic heterocycles. The summed E-state index contributed by atoms with van der Waals surface area (Å²) in [5.41, 5.74) is 21.6. The van der Waals surface area contributed by atoms with Crippen molar-refractivity contribution in [2.24, 2.45) is 0 Å². The van der Waals surface area contributed by atoms with Crippen LogP contribution in [0.5, 0.6) is 0 Å². The summed E-state index contributed by atoms with van der Waals surface area (Å²) in [6, 6.07) is 60.2. The lowest BCUT2D eigenvalue weighted by molar-refractivity contribution is 0.633. The van der Waals surface area contributed by atoms with Gasteiger partial charge in [-0.15, -0.1) is 0 Å². The molecule has 0 saturated carbocycles. The second kappa shape index (κ2) is 10.3. The zero-order valence-corrected chi connectivity index (χ0v) is 32.1. The topological polar surface area (TPSA) is 8.17 Å². The Morgan fingerprint density at radius 1 is 0.518 bits per heavy atom. The third-order valence-electron chi connectivity index (χ3n) is 14.2. The molecular weight excluding hydrogens is 675 g/mol. The second-order valence-corrected chi connectivity index (χ2v) is 17.6. The lowest BCUT2D eigenvalue weighted by Crippen LogP contribution is -2.62. The zero-order valence-electron chi connectivity index (χ0n) is 32.1. The van der Waals surface area contributed by atoms with Crippen LogP contribution in [0.2, 0.25) is 0 Å². The van der Waals surface area contributed by atoms with Crippen molar-refractivity contribution in [3.8, 4) is 16.8 Å². The normalized spacial score (nSPS) is 15.9. The molecule has 1 aromatic heterocycles. The Labute approximate surface area is 327 Å². The number of fused-ring (bicyclic) bond motifs is 8. The lowest BCUT2D eigenvalue weighted by atomic mass is 9.42. The van der Waals surface area contributed by atoms with Gasteiger partial charge >= 0.3 is 6.85 Å². The smallest absolute Gasteiger partial charge is 0.333 e. The molecule has 264 valence electrons. The number of anilines is 2. The minimum Gasteiger partial charge on any atom is -0.376 e. The van der Waals surface area contributed by atoms with Crippen LogP contribution in [0.1, 0.15) is 72.6 Å². The van der Waals surface area contributed by atoms with E-state index in [1.165, 1.54) is 111 Å². The monoisotopic (exact) mass is 714 g/mol. The van der Waals surface area contributed by atoms with Crippen LogP contribution in [0, 0.1) is 0 Å². The van der Waals surface area contributed by atoms with Crippen LogP contribution in [0.15, 0.2) is 158 Å². The van der Waals surface area contributed by atoms with Gasteiger partial charge in [0.2, 0.25) is 0 Å². The van der Waals surface area contributed by atoms with Crippen molar-refractivity contribution in [3.63, 3.8) is 0 Å². The van der Waals surface area contributed by atoms with Gasteiger partial charge in [-0.3, -0.25) is 0 Å². The van der Waals surface area contributed by atoms with Crippen LogP contribution in [0.3, 0.4) is 0 Å². The van der Waals surface area contributed by atoms with E-state index in [-0.39, 0.29) is 23.6 Å². The standard InChI is InChI=1S/C53H39BN2/c1-52(2)39-24-13-14-28-43(39)56-48-35(23-15-25-40(48)52)36-30-37(44(31-17-7-5-8-18-31)32-19-9-6-10-20-32)45-38-29-33-21-11-12-22-34(33)46-49(38)55-50-41(53(46,3)4)26-16-27-42(50)54(56)47(36)51(45)55/h5-30,44H,1-4H3. The van der Waals surface area contributed by atoms with E-state index in [0.717, 1.165) is 0 Å². The predicted molar refractivity (Wildman–Crippen MR) is 235 cm³/mol. The fraction of sp³-hybridized carbons (Fsp3) is 0.132. The second-order valence-electron chi connectivity index (χ2n) is 17.6. The number of nitrogens with zero attached hydrogens (tertiary/aromatic N) is 2. The fourth-order valence-electron chi connectivity index (χ4n) is 11.9. The highest BCUT2D eigenvalue weighted by atomic mass is 15.1. The third-order valence-corrected chi connectivity index (χ3v) is 14.2. The first kappa shape index (κ1) is 30.9. The minimum atomic E-state index is -0.229. The molecule has 0 fully saturated rings. The summed E-state index contributed by atoms with van der Waals surface area (Å²) in [6.07, 6.45) is 0. The van der Waals surface area contributed by atoms with Crippen molar-refractivity contribution in [1.29, 1.82) is 0 Å². The summed E-state index contributed by atoms with van der Waals surface area (Å²) < 4.78 is 2.74. The number of aromatic nitrogens is 1. The molecule has 13 rings (SSSR count). The molecule has 9 aromatic rings. The van der Waals surface area contributed by atoms with Crippen LogP contribution in [0.25, 0.3) is 49.4 Å². The fourth-order valence-corrected chi connectivity index (χ4v) is 11.9. The number of benzene rings is 8. The Kier molecular flexibility index (Phi) is 5.69. The predicted octanol–water partition coefficient (Wildman–Crippen LogP) is 11.6. The highest BCUT2D eigenvalue weighted by molar-refractivity contribution is 6.94. The molecule has 0 saturated heterocycles. The van der Waals surface area contributed by atoms with Crippen molar-refractivity contribution >= 4 is 61.7 Å². The average Bonchev–Trinajstić information content (AvgIpc) is 3.57. The molecule has 3 heteroatoms.